The van der Waals surface area contributed by atoms with E-state index in [2.05, 4.69) is 6.92 Å². The van der Waals surface area contributed by atoms with Crippen molar-refractivity contribution in [1.82, 2.24) is 4.90 Å². The lowest BCUT2D eigenvalue weighted by Crippen LogP contribution is -2.29. The second-order valence-electron chi connectivity index (χ2n) is 9.16. The highest BCUT2D eigenvalue weighted by Crippen LogP contribution is 2.43. The summed E-state index contributed by atoms with van der Waals surface area (Å²) in [7, 11) is 0. The smallest absolute Gasteiger partial charge is 0.296 e. The second-order valence-corrected chi connectivity index (χ2v) is 9.16. The summed E-state index contributed by atoms with van der Waals surface area (Å²) >= 11 is 0. The summed E-state index contributed by atoms with van der Waals surface area (Å²) in [6.07, 6.45) is 4.59. The van der Waals surface area contributed by atoms with Crippen molar-refractivity contribution in [3.05, 3.63) is 83.3 Å². The van der Waals surface area contributed by atoms with E-state index in [0.29, 0.717) is 54.0 Å². The van der Waals surface area contributed by atoms with E-state index in [0.717, 1.165) is 19.3 Å². The quantitative estimate of drug-likeness (QED) is 0.120. The molecular weight excluding hydrogens is 498 g/mol. The van der Waals surface area contributed by atoms with Gasteiger partial charge in [-0.2, -0.15) is 0 Å². The number of carbonyl (C=O) groups excluding carboxylic acids is 2. The molecule has 1 aliphatic rings. The van der Waals surface area contributed by atoms with Gasteiger partial charge in [-0.05, 0) is 74.4 Å². The normalized spacial score (nSPS) is 16.5. The van der Waals surface area contributed by atoms with E-state index >= 15 is 0 Å². The third-order valence-electron chi connectivity index (χ3n) is 6.47. The lowest BCUT2D eigenvalue weighted by atomic mass is 9.95. The number of rotatable bonds is 13. The molecule has 4 rings (SSSR count). The van der Waals surface area contributed by atoms with E-state index in [1.807, 2.05) is 13.8 Å². The van der Waals surface area contributed by atoms with Gasteiger partial charge in [0, 0.05) is 5.56 Å². The Balaban J connectivity index is 1.78. The fourth-order valence-electron chi connectivity index (χ4n) is 4.61. The van der Waals surface area contributed by atoms with Crippen molar-refractivity contribution >= 4 is 17.4 Å². The Morgan fingerprint density at radius 3 is 2.36 bits per heavy atom. The van der Waals surface area contributed by atoms with Crippen LogP contribution in [-0.4, -0.2) is 41.5 Å². The molecule has 1 saturated heterocycles. The maximum Gasteiger partial charge on any atom is 0.296 e. The molecule has 1 aromatic heterocycles. The van der Waals surface area contributed by atoms with Crippen molar-refractivity contribution in [2.24, 2.45) is 0 Å². The van der Waals surface area contributed by atoms with Crippen LogP contribution in [0.3, 0.4) is 0 Å². The molecule has 0 radical (unpaired) electrons. The number of Topliss-reactive ketones (excluding diaryl/α,β-unsaturated/α-hetero) is 1. The molecule has 206 valence electrons. The molecule has 0 bridgehead atoms. The molecule has 1 aliphatic heterocycles. The van der Waals surface area contributed by atoms with Crippen LogP contribution in [0.4, 0.5) is 0 Å². The highest BCUT2D eigenvalue weighted by atomic mass is 16.5. The largest absolute Gasteiger partial charge is 0.507 e. The third kappa shape index (κ3) is 6.28. The summed E-state index contributed by atoms with van der Waals surface area (Å²) < 4.78 is 22.8. The highest BCUT2D eigenvalue weighted by Gasteiger charge is 2.46. The van der Waals surface area contributed by atoms with E-state index in [1.165, 1.54) is 11.2 Å². The summed E-state index contributed by atoms with van der Waals surface area (Å²) in [5, 5.41) is 11.4. The molecule has 3 aromatic rings. The van der Waals surface area contributed by atoms with Gasteiger partial charge >= 0.3 is 0 Å². The van der Waals surface area contributed by atoms with Crippen molar-refractivity contribution in [3.63, 3.8) is 0 Å². The van der Waals surface area contributed by atoms with E-state index in [4.69, 9.17) is 18.6 Å². The number of ether oxygens (including phenoxy) is 3. The number of aliphatic hydroxyl groups excluding tert-OH is 1. The van der Waals surface area contributed by atoms with Crippen LogP contribution in [0.25, 0.3) is 5.76 Å². The van der Waals surface area contributed by atoms with Crippen LogP contribution < -0.4 is 14.2 Å². The Hall–Kier alpha value is -4.20. The molecule has 2 aromatic carbocycles. The van der Waals surface area contributed by atoms with Crippen LogP contribution in [0.1, 0.15) is 63.0 Å². The van der Waals surface area contributed by atoms with Crippen molar-refractivity contribution in [2.45, 2.75) is 52.6 Å². The number of likely N-dealkylation sites (tertiary alicyclic amines) is 1. The summed E-state index contributed by atoms with van der Waals surface area (Å²) in [6, 6.07) is 14.7. The van der Waals surface area contributed by atoms with Gasteiger partial charge in [0.15, 0.2) is 11.5 Å². The van der Waals surface area contributed by atoms with Crippen molar-refractivity contribution in [2.75, 3.05) is 19.8 Å². The minimum absolute atomic E-state index is 0.00483. The van der Waals surface area contributed by atoms with Gasteiger partial charge in [-0.1, -0.05) is 25.8 Å². The number of benzene rings is 2. The van der Waals surface area contributed by atoms with Gasteiger partial charge in [0.2, 0.25) is 0 Å². The number of unbranched alkanes of at least 4 members (excludes halogenated alkanes) is 2. The Bertz CT molecular complexity index is 1290. The zero-order chi connectivity index (χ0) is 27.8. The van der Waals surface area contributed by atoms with Gasteiger partial charge in [0.25, 0.3) is 11.7 Å². The molecule has 39 heavy (non-hydrogen) atoms. The molecule has 2 heterocycles. The van der Waals surface area contributed by atoms with Crippen LogP contribution in [0.2, 0.25) is 0 Å². The third-order valence-corrected chi connectivity index (χ3v) is 6.47. The minimum Gasteiger partial charge on any atom is -0.507 e. The highest BCUT2D eigenvalue weighted by molar-refractivity contribution is 6.46. The van der Waals surface area contributed by atoms with Crippen LogP contribution >= 0.6 is 0 Å². The van der Waals surface area contributed by atoms with Crippen LogP contribution in [0.5, 0.6) is 17.2 Å². The van der Waals surface area contributed by atoms with Gasteiger partial charge in [0.05, 0.1) is 44.2 Å². The first-order chi connectivity index (χ1) is 19.0. The van der Waals surface area contributed by atoms with Gasteiger partial charge in [-0.3, -0.25) is 9.59 Å². The lowest BCUT2D eigenvalue weighted by Gasteiger charge is -2.25. The van der Waals surface area contributed by atoms with Crippen LogP contribution in [0, 0.1) is 0 Å². The maximum atomic E-state index is 13.4. The Labute approximate surface area is 228 Å². The summed E-state index contributed by atoms with van der Waals surface area (Å²) in [5.74, 6) is 0.504. The number of furan rings is 1. The van der Waals surface area contributed by atoms with Gasteiger partial charge in [-0.25, -0.2) is 0 Å². The molecule has 1 amide bonds. The van der Waals surface area contributed by atoms with Crippen molar-refractivity contribution in [1.29, 1.82) is 0 Å². The van der Waals surface area contributed by atoms with Crippen molar-refractivity contribution < 1.29 is 33.3 Å². The molecule has 0 aliphatic carbocycles. The number of carbonyl (C=O) groups is 2. The first kappa shape index (κ1) is 27.8. The van der Waals surface area contributed by atoms with Gasteiger partial charge < -0.3 is 28.6 Å². The average Bonchev–Trinajstić information content (AvgIpc) is 3.54. The molecular formula is C31H35NO7. The fraction of sp³-hybridized carbons (Fsp3) is 0.355. The molecule has 1 atom stereocenters. The monoisotopic (exact) mass is 533 g/mol. The molecule has 0 spiro atoms. The standard InChI is InChI=1S/C31H35NO7/c1-4-7-8-17-39-25-16-13-22(19-26(25)37-6-3)28-27(29(33)21-11-14-23(15-12-21)36-5-2)30(34)31(35)32(28)20-24-10-9-18-38-24/h9-16,18-19,28,33H,4-8,17,20H2,1-3H3/b29-27+. The molecule has 0 saturated carbocycles. The Morgan fingerprint density at radius 2 is 1.69 bits per heavy atom. The number of aliphatic hydroxyl groups is 1. The van der Waals surface area contributed by atoms with E-state index < -0.39 is 17.7 Å². The predicted octanol–water partition coefficient (Wildman–Crippen LogP) is 6.27. The number of nitrogens with zero attached hydrogens (tertiary/aromatic N) is 1. The summed E-state index contributed by atoms with van der Waals surface area (Å²) in [6.45, 7) is 7.42. The first-order valence-corrected chi connectivity index (χ1v) is 13.4. The second kappa shape index (κ2) is 13.0. The fourth-order valence-corrected chi connectivity index (χ4v) is 4.61. The Kier molecular flexibility index (Phi) is 9.31. The number of hydrogen-bond acceptors (Lipinski definition) is 7. The van der Waals surface area contributed by atoms with Gasteiger partial charge in [-0.15, -0.1) is 0 Å². The lowest BCUT2D eigenvalue weighted by molar-refractivity contribution is -0.140. The molecule has 1 N–H and O–H groups in total. The molecule has 1 fully saturated rings. The summed E-state index contributed by atoms with van der Waals surface area (Å²) in [5.41, 5.74) is 1.01. The first-order valence-electron chi connectivity index (χ1n) is 13.4. The predicted molar refractivity (Wildman–Crippen MR) is 147 cm³/mol. The van der Waals surface area contributed by atoms with E-state index in [9.17, 15) is 14.7 Å². The van der Waals surface area contributed by atoms with Crippen molar-refractivity contribution in [3.8, 4) is 17.2 Å². The van der Waals surface area contributed by atoms with Crippen LogP contribution in [0.15, 0.2) is 70.9 Å². The van der Waals surface area contributed by atoms with E-state index in [1.54, 1.807) is 54.6 Å². The average molecular weight is 534 g/mol. The number of ketones is 1. The molecule has 1 unspecified atom stereocenters. The van der Waals surface area contributed by atoms with E-state index in [-0.39, 0.29) is 17.9 Å². The Morgan fingerprint density at radius 1 is 0.923 bits per heavy atom. The molecule has 8 nitrogen and oxygen atoms in total. The number of amides is 1. The van der Waals surface area contributed by atoms with Crippen LogP contribution in [-0.2, 0) is 16.1 Å². The topological polar surface area (TPSA) is 98.4 Å². The molecule has 8 heteroatoms. The zero-order valence-corrected chi connectivity index (χ0v) is 22.6. The minimum atomic E-state index is -0.866. The van der Waals surface area contributed by atoms with Gasteiger partial charge in [0.1, 0.15) is 17.3 Å². The SMILES string of the molecule is CCCCCOc1ccc(C2/C(=C(\O)c3ccc(OCC)cc3)C(=O)C(=O)N2Cc2ccco2)cc1OCC. The maximum absolute atomic E-state index is 13.4. The summed E-state index contributed by atoms with van der Waals surface area (Å²) in [4.78, 5) is 28.1. The zero-order valence-electron chi connectivity index (χ0n) is 22.6. The number of hydrogen-bond donors (Lipinski definition) is 1.